The van der Waals surface area contributed by atoms with Crippen LogP contribution in [0.15, 0.2) is 89.6 Å². The number of thioether (sulfide) groups is 1. The lowest BCUT2D eigenvalue weighted by Crippen LogP contribution is -2.32. The van der Waals surface area contributed by atoms with Gasteiger partial charge in [0.25, 0.3) is 5.91 Å². The number of anilines is 1. The largest absolute Gasteiger partial charge is 0.497 e. The average molecular weight is 474 g/mol. The second-order valence-electron chi connectivity index (χ2n) is 7.35. The highest BCUT2D eigenvalue weighted by Gasteiger charge is 2.35. The van der Waals surface area contributed by atoms with Crippen LogP contribution in [0.25, 0.3) is 6.08 Å². The standard InChI is InChI=1S/C26H23N3O4S/c1-32-20-13-11-17(12-14-20)15-22-25(31)29(19-9-6-10-21(16-19)33-2)26(28-22)34-23(24(27)30)18-7-4-3-5-8-18/h3-16,23H,1-2H3,(H2,27,30)/b22-15-. The first-order chi connectivity index (χ1) is 16.5. The molecular weight excluding hydrogens is 450 g/mol. The van der Waals surface area contributed by atoms with Crippen LogP contribution in [0.4, 0.5) is 5.69 Å². The Balaban J connectivity index is 1.75. The molecule has 0 aromatic heterocycles. The van der Waals surface area contributed by atoms with E-state index in [-0.39, 0.29) is 11.6 Å². The van der Waals surface area contributed by atoms with Crippen molar-refractivity contribution in [3.63, 3.8) is 0 Å². The number of benzene rings is 3. The van der Waals surface area contributed by atoms with Crippen molar-refractivity contribution in [2.75, 3.05) is 19.1 Å². The number of methoxy groups -OCH3 is 2. The minimum absolute atomic E-state index is 0.242. The van der Waals surface area contributed by atoms with Gasteiger partial charge < -0.3 is 15.2 Å². The van der Waals surface area contributed by atoms with Gasteiger partial charge in [-0.2, -0.15) is 0 Å². The van der Waals surface area contributed by atoms with Gasteiger partial charge in [-0.3, -0.25) is 14.5 Å². The summed E-state index contributed by atoms with van der Waals surface area (Å²) >= 11 is 1.13. The number of nitrogens with two attached hydrogens (primary N) is 1. The first kappa shape index (κ1) is 23.1. The summed E-state index contributed by atoms with van der Waals surface area (Å²) in [5.41, 5.74) is 8.07. The van der Waals surface area contributed by atoms with Crippen molar-refractivity contribution >= 4 is 40.5 Å². The van der Waals surface area contributed by atoms with Crippen LogP contribution in [0.3, 0.4) is 0 Å². The van der Waals surface area contributed by atoms with Gasteiger partial charge in [-0.25, -0.2) is 4.99 Å². The number of ether oxygens (including phenoxy) is 2. The van der Waals surface area contributed by atoms with E-state index in [2.05, 4.69) is 4.99 Å². The Labute approximate surface area is 201 Å². The third-order valence-electron chi connectivity index (χ3n) is 5.14. The van der Waals surface area contributed by atoms with Crippen molar-refractivity contribution in [2.24, 2.45) is 10.7 Å². The minimum atomic E-state index is -0.721. The highest BCUT2D eigenvalue weighted by atomic mass is 32.2. The molecule has 1 aliphatic heterocycles. The zero-order chi connectivity index (χ0) is 24.1. The topological polar surface area (TPSA) is 94.2 Å². The van der Waals surface area contributed by atoms with E-state index in [9.17, 15) is 9.59 Å². The first-order valence-electron chi connectivity index (χ1n) is 10.4. The molecule has 0 fully saturated rings. The van der Waals surface area contributed by atoms with Gasteiger partial charge in [-0.1, -0.05) is 60.3 Å². The Hall–Kier alpha value is -4.04. The maximum Gasteiger partial charge on any atom is 0.283 e. The van der Waals surface area contributed by atoms with Crippen LogP contribution in [0, 0.1) is 0 Å². The second kappa shape index (κ2) is 10.3. The second-order valence-corrected chi connectivity index (χ2v) is 8.42. The summed E-state index contributed by atoms with van der Waals surface area (Å²) < 4.78 is 10.5. The molecular formula is C26H23N3O4S. The molecule has 172 valence electrons. The van der Waals surface area contributed by atoms with Crippen LogP contribution in [0.1, 0.15) is 16.4 Å². The Bertz CT molecular complexity index is 1260. The van der Waals surface area contributed by atoms with Gasteiger partial charge in [0.2, 0.25) is 5.91 Å². The first-order valence-corrected chi connectivity index (χ1v) is 11.3. The van der Waals surface area contributed by atoms with Crippen LogP contribution in [-0.4, -0.2) is 31.2 Å². The smallest absolute Gasteiger partial charge is 0.283 e. The maximum atomic E-state index is 13.5. The van der Waals surface area contributed by atoms with Crippen LogP contribution in [0.2, 0.25) is 0 Å². The molecule has 7 nitrogen and oxygen atoms in total. The lowest BCUT2D eigenvalue weighted by molar-refractivity contribution is -0.117. The third kappa shape index (κ3) is 4.97. The van der Waals surface area contributed by atoms with Crippen LogP contribution in [0.5, 0.6) is 11.5 Å². The molecule has 1 atom stereocenters. The van der Waals surface area contributed by atoms with E-state index in [4.69, 9.17) is 15.2 Å². The van der Waals surface area contributed by atoms with Crippen molar-refractivity contribution in [3.05, 3.63) is 95.7 Å². The van der Waals surface area contributed by atoms with Gasteiger partial charge in [0.15, 0.2) is 5.17 Å². The van der Waals surface area contributed by atoms with Crippen LogP contribution in [-0.2, 0) is 9.59 Å². The number of aliphatic imine (C=N–C) groups is 1. The molecule has 1 aliphatic rings. The molecule has 4 rings (SSSR count). The quantitative estimate of drug-likeness (QED) is 0.513. The lowest BCUT2D eigenvalue weighted by atomic mass is 10.1. The lowest BCUT2D eigenvalue weighted by Gasteiger charge is -2.21. The van der Waals surface area contributed by atoms with E-state index in [0.717, 1.165) is 22.9 Å². The monoisotopic (exact) mass is 473 g/mol. The molecule has 34 heavy (non-hydrogen) atoms. The number of carbonyl (C=O) groups excluding carboxylic acids is 2. The molecule has 3 aromatic rings. The van der Waals surface area contributed by atoms with E-state index in [0.29, 0.717) is 22.4 Å². The number of amidine groups is 1. The Kier molecular flexibility index (Phi) is 6.98. The van der Waals surface area contributed by atoms with E-state index in [1.54, 1.807) is 44.6 Å². The molecule has 0 bridgehead atoms. The van der Waals surface area contributed by atoms with E-state index < -0.39 is 11.2 Å². The fourth-order valence-corrected chi connectivity index (χ4v) is 4.50. The predicted octanol–water partition coefficient (Wildman–Crippen LogP) is 4.41. The highest BCUT2D eigenvalue weighted by molar-refractivity contribution is 8.15. The molecule has 2 N–H and O–H groups in total. The van der Waals surface area contributed by atoms with Gasteiger partial charge in [0, 0.05) is 6.07 Å². The molecule has 3 aromatic carbocycles. The summed E-state index contributed by atoms with van der Waals surface area (Å²) in [7, 11) is 3.15. The summed E-state index contributed by atoms with van der Waals surface area (Å²) in [6.07, 6.45) is 1.70. The van der Waals surface area contributed by atoms with Gasteiger partial charge in [0.05, 0.1) is 19.9 Å². The third-order valence-corrected chi connectivity index (χ3v) is 6.37. The molecule has 8 heteroatoms. The van der Waals surface area contributed by atoms with E-state index in [1.165, 1.54) is 4.90 Å². The Morgan fingerprint density at radius 1 is 0.971 bits per heavy atom. The summed E-state index contributed by atoms with van der Waals surface area (Å²) in [5.74, 6) is 0.467. The number of primary amides is 1. The summed E-state index contributed by atoms with van der Waals surface area (Å²) in [4.78, 5) is 31.9. The fraction of sp³-hybridized carbons (Fsp3) is 0.115. The van der Waals surface area contributed by atoms with Crippen molar-refractivity contribution in [2.45, 2.75) is 5.25 Å². The molecule has 0 radical (unpaired) electrons. The molecule has 0 spiro atoms. The fourth-order valence-electron chi connectivity index (χ4n) is 3.43. The average Bonchev–Trinajstić information content (AvgIpc) is 3.17. The molecule has 1 heterocycles. The van der Waals surface area contributed by atoms with Crippen molar-refractivity contribution in [1.82, 2.24) is 0 Å². The Morgan fingerprint density at radius 3 is 2.32 bits per heavy atom. The van der Waals surface area contributed by atoms with Crippen molar-refractivity contribution < 1.29 is 19.1 Å². The zero-order valence-electron chi connectivity index (χ0n) is 18.7. The summed E-state index contributed by atoms with van der Waals surface area (Å²) in [6, 6.07) is 23.6. The number of hydrogen-bond acceptors (Lipinski definition) is 6. The van der Waals surface area contributed by atoms with Crippen LogP contribution >= 0.6 is 11.8 Å². The highest BCUT2D eigenvalue weighted by Crippen LogP contribution is 2.37. The SMILES string of the molecule is COc1ccc(/C=C2\N=C(SC(C(N)=O)c3ccccc3)N(c3cccc(OC)c3)C2=O)cc1. The predicted molar refractivity (Wildman–Crippen MR) is 135 cm³/mol. The van der Waals surface area contributed by atoms with Crippen molar-refractivity contribution in [1.29, 1.82) is 0 Å². The minimum Gasteiger partial charge on any atom is -0.497 e. The van der Waals surface area contributed by atoms with E-state index in [1.807, 2.05) is 54.6 Å². The molecule has 1 unspecified atom stereocenters. The molecule has 0 aliphatic carbocycles. The maximum absolute atomic E-state index is 13.5. The van der Waals surface area contributed by atoms with Gasteiger partial charge >= 0.3 is 0 Å². The molecule has 2 amide bonds. The number of carbonyl (C=O) groups is 2. The zero-order valence-corrected chi connectivity index (χ0v) is 19.5. The van der Waals surface area contributed by atoms with Gasteiger partial charge in [-0.15, -0.1) is 0 Å². The normalized spacial score (nSPS) is 15.2. The number of amides is 2. The number of nitrogens with zero attached hydrogens (tertiary/aromatic N) is 2. The summed E-state index contributed by atoms with van der Waals surface area (Å²) in [6.45, 7) is 0. The Morgan fingerprint density at radius 2 is 1.68 bits per heavy atom. The van der Waals surface area contributed by atoms with Crippen LogP contribution < -0.4 is 20.1 Å². The summed E-state index contributed by atoms with van der Waals surface area (Å²) in [5, 5.41) is -0.369. The van der Waals surface area contributed by atoms with Crippen molar-refractivity contribution in [3.8, 4) is 11.5 Å². The van der Waals surface area contributed by atoms with Gasteiger partial charge in [0.1, 0.15) is 22.4 Å². The van der Waals surface area contributed by atoms with Gasteiger partial charge in [-0.05, 0) is 41.5 Å². The number of rotatable bonds is 7. The number of hydrogen-bond donors (Lipinski definition) is 1. The van der Waals surface area contributed by atoms with E-state index >= 15 is 0 Å². The molecule has 0 saturated carbocycles. The molecule has 0 saturated heterocycles.